The van der Waals surface area contributed by atoms with Gasteiger partial charge in [-0.3, -0.25) is 4.79 Å². The zero-order valence-electron chi connectivity index (χ0n) is 24.5. The SMILES string of the molecule is CCCC/C(C)=N/N=C(/c1cccc(NC(=O)c2cc3c(cc2F)CCN(C(=O)N2CCC(O)C2)C3)n1)C(C)CC. The van der Waals surface area contributed by atoms with Gasteiger partial charge >= 0.3 is 6.03 Å². The van der Waals surface area contributed by atoms with Gasteiger partial charge in [0.2, 0.25) is 0 Å². The van der Waals surface area contributed by atoms with Gasteiger partial charge in [0.15, 0.2) is 0 Å². The lowest BCUT2D eigenvalue weighted by atomic mass is 9.96. The summed E-state index contributed by atoms with van der Waals surface area (Å²) in [6.45, 7) is 9.81. The van der Waals surface area contributed by atoms with Crippen LogP contribution < -0.4 is 5.32 Å². The number of β-amino-alcohol motifs (C(OH)–C–C–N with tert-alkyl or cyclic N) is 1. The lowest BCUT2D eigenvalue weighted by molar-refractivity contribution is 0.102. The highest BCUT2D eigenvalue weighted by Gasteiger charge is 2.31. The molecule has 3 amide bonds. The van der Waals surface area contributed by atoms with Gasteiger partial charge in [-0.15, -0.1) is 0 Å². The molecule has 1 saturated heterocycles. The molecule has 1 aromatic carbocycles. The molecule has 2 aliphatic rings. The van der Waals surface area contributed by atoms with Gasteiger partial charge in [-0.25, -0.2) is 14.2 Å². The zero-order valence-corrected chi connectivity index (χ0v) is 24.5. The maximum atomic E-state index is 15.1. The maximum Gasteiger partial charge on any atom is 0.320 e. The molecule has 220 valence electrons. The molecule has 0 bridgehead atoms. The van der Waals surface area contributed by atoms with Gasteiger partial charge in [-0.05, 0) is 74.4 Å². The van der Waals surface area contributed by atoms with Crippen LogP contribution in [0.1, 0.15) is 87.0 Å². The minimum atomic E-state index is -0.614. The molecule has 0 radical (unpaired) electrons. The fourth-order valence-corrected chi connectivity index (χ4v) is 5.08. The Morgan fingerprint density at radius 3 is 2.68 bits per heavy atom. The van der Waals surface area contributed by atoms with Crippen LogP contribution in [0.15, 0.2) is 40.5 Å². The zero-order chi connectivity index (χ0) is 29.5. The van der Waals surface area contributed by atoms with Crippen molar-refractivity contribution < 1.29 is 19.1 Å². The Labute approximate surface area is 241 Å². The number of hydrogen-bond acceptors (Lipinski definition) is 6. The number of amides is 3. The van der Waals surface area contributed by atoms with Crippen LogP contribution in [0.5, 0.6) is 0 Å². The van der Waals surface area contributed by atoms with E-state index in [2.05, 4.69) is 41.3 Å². The van der Waals surface area contributed by atoms with Crippen molar-refractivity contribution >= 4 is 29.2 Å². The van der Waals surface area contributed by atoms with Crippen LogP contribution >= 0.6 is 0 Å². The molecule has 2 unspecified atom stereocenters. The molecular weight excluding hydrogens is 523 g/mol. The quantitative estimate of drug-likeness (QED) is 0.313. The van der Waals surface area contributed by atoms with Gasteiger partial charge in [0, 0.05) is 37.8 Å². The number of carbonyl (C=O) groups is 2. The summed E-state index contributed by atoms with van der Waals surface area (Å²) in [5.74, 6) is -0.837. The highest BCUT2D eigenvalue weighted by Crippen LogP contribution is 2.25. The third-order valence-electron chi connectivity index (χ3n) is 7.80. The summed E-state index contributed by atoms with van der Waals surface area (Å²) in [4.78, 5) is 34.1. The summed E-state index contributed by atoms with van der Waals surface area (Å²) in [6.07, 6.45) is 4.44. The van der Waals surface area contributed by atoms with E-state index in [0.29, 0.717) is 38.2 Å². The second kappa shape index (κ2) is 13.8. The molecule has 9 nitrogen and oxygen atoms in total. The van der Waals surface area contributed by atoms with Crippen molar-refractivity contribution in [3.63, 3.8) is 0 Å². The summed E-state index contributed by atoms with van der Waals surface area (Å²) >= 11 is 0. The Morgan fingerprint density at radius 2 is 1.98 bits per heavy atom. The molecule has 2 N–H and O–H groups in total. The number of aliphatic hydroxyl groups is 1. The second-order valence-corrected chi connectivity index (χ2v) is 11.0. The number of nitrogens with zero attached hydrogens (tertiary/aromatic N) is 5. The van der Waals surface area contributed by atoms with Crippen molar-refractivity contribution in [1.82, 2.24) is 14.8 Å². The number of pyridine rings is 1. The number of rotatable bonds is 9. The number of carbonyl (C=O) groups excluding carboxylic acids is 2. The van der Waals surface area contributed by atoms with E-state index < -0.39 is 17.8 Å². The number of anilines is 1. The van der Waals surface area contributed by atoms with Crippen molar-refractivity contribution in [3.8, 4) is 0 Å². The van der Waals surface area contributed by atoms with Gasteiger partial charge < -0.3 is 20.2 Å². The van der Waals surface area contributed by atoms with E-state index in [1.807, 2.05) is 13.0 Å². The normalized spacial score (nSPS) is 18.3. The minimum absolute atomic E-state index is 0.101. The molecule has 41 heavy (non-hydrogen) atoms. The first-order chi connectivity index (χ1) is 19.7. The second-order valence-electron chi connectivity index (χ2n) is 11.0. The lowest BCUT2D eigenvalue weighted by Crippen LogP contribution is -2.44. The molecule has 2 aliphatic heterocycles. The highest BCUT2D eigenvalue weighted by atomic mass is 19.1. The fraction of sp³-hybridized carbons (Fsp3) is 0.516. The summed E-state index contributed by atoms with van der Waals surface area (Å²) in [5, 5.41) is 21.5. The van der Waals surface area contributed by atoms with Crippen molar-refractivity contribution in [2.45, 2.75) is 78.9 Å². The first-order valence-electron chi connectivity index (χ1n) is 14.6. The van der Waals surface area contributed by atoms with E-state index >= 15 is 4.39 Å². The van der Waals surface area contributed by atoms with E-state index in [1.165, 1.54) is 12.1 Å². The summed E-state index contributed by atoms with van der Waals surface area (Å²) < 4.78 is 15.1. The van der Waals surface area contributed by atoms with Crippen LogP contribution in [0, 0.1) is 11.7 Å². The summed E-state index contributed by atoms with van der Waals surface area (Å²) in [5.41, 5.74) is 3.71. The Kier molecular flexibility index (Phi) is 10.2. The third kappa shape index (κ3) is 7.55. The van der Waals surface area contributed by atoms with Crippen molar-refractivity contribution in [2.24, 2.45) is 16.1 Å². The molecule has 0 spiro atoms. The average molecular weight is 565 g/mol. The lowest BCUT2D eigenvalue weighted by Gasteiger charge is -2.32. The summed E-state index contributed by atoms with van der Waals surface area (Å²) in [6, 6.07) is 8.05. The highest BCUT2D eigenvalue weighted by molar-refractivity contribution is 6.05. The molecule has 2 aromatic rings. The van der Waals surface area contributed by atoms with Crippen LogP contribution in [-0.2, 0) is 13.0 Å². The Morgan fingerprint density at radius 1 is 1.17 bits per heavy atom. The van der Waals surface area contributed by atoms with Crippen molar-refractivity contribution in [2.75, 3.05) is 25.0 Å². The van der Waals surface area contributed by atoms with Gasteiger partial charge in [-0.2, -0.15) is 10.2 Å². The predicted octanol–water partition coefficient (Wildman–Crippen LogP) is 5.42. The Hall–Kier alpha value is -3.66. The monoisotopic (exact) mass is 564 g/mol. The van der Waals surface area contributed by atoms with Crippen LogP contribution in [0.3, 0.4) is 0 Å². The Balaban J connectivity index is 1.51. The van der Waals surface area contributed by atoms with Crippen LogP contribution in [0.4, 0.5) is 15.0 Å². The number of unbranched alkanes of at least 4 members (excludes halogenated alkanes) is 1. The fourth-order valence-electron chi connectivity index (χ4n) is 5.08. The van der Waals surface area contributed by atoms with Crippen LogP contribution in [0.25, 0.3) is 0 Å². The minimum Gasteiger partial charge on any atom is -0.391 e. The van der Waals surface area contributed by atoms with Gasteiger partial charge in [0.05, 0.1) is 23.1 Å². The third-order valence-corrected chi connectivity index (χ3v) is 7.80. The Bertz CT molecular complexity index is 1330. The predicted molar refractivity (Wildman–Crippen MR) is 159 cm³/mol. The largest absolute Gasteiger partial charge is 0.391 e. The van der Waals surface area contributed by atoms with Gasteiger partial charge in [0.25, 0.3) is 5.91 Å². The van der Waals surface area contributed by atoms with E-state index in [0.717, 1.165) is 48.2 Å². The topological polar surface area (TPSA) is 110 Å². The molecule has 1 aromatic heterocycles. The summed E-state index contributed by atoms with van der Waals surface area (Å²) in [7, 11) is 0. The first kappa shape index (κ1) is 30.3. The number of benzene rings is 1. The number of likely N-dealkylation sites (tertiary alicyclic amines) is 1. The number of nitrogens with one attached hydrogen (secondary N) is 1. The molecule has 1 fully saturated rings. The maximum absolute atomic E-state index is 15.1. The number of fused-ring (bicyclic) bond motifs is 1. The molecule has 4 rings (SSSR count). The van der Waals surface area contributed by atoms with Gasteiger partial charge in [-0.1, -0.05) is 33.3 Å². The molecule has 10 heteroatoms. The number of aromatic nitrogens is 1. The molecule has 3 heterocycles. The smallest absolute Gasteiger partial charge is 0.320 e. The van der Waals surface area contributed by atoms with Gasteiger partial charge in [0.1, 0.15) is 11.6 Å². The molecule has 0 saturated carbocycles. The van der Waals surface area contributed by atoms with Crippen molar-refractivity contribution in [3.05, 3.63) is 58.5 Å². The average Bonchev–Trinajstić information content (AvgIpc) is 3.41. The molecule has 0 aliphatic carbocycles. The number of hydrogen-bond donors (Lipinski definition) is 2. The first-order valence-corrected chi connectivity index (χ1v) is 14.6. The van der Waals surface area contributed by atoms with E-state index in [1.54, 1.807) is 21.9 Å². The number of urea groups is 1. The molecular formula is C31H41FN6O3. The van der Waals surface area contributed by atoms with Crippen LogP contribution in [-0.4, -0.2) is 69.0 Å². The van der Waals surface area contributed by atoms with Crippen molar-refractivity contribution in [1.29, 1.82) is 0 Å². The molecule has 2 atom stereocenters. The standard InChI is InChI=1S/C31H41FN6O3/c1-5-7-9-21(4)35-36-29(20(3)6-2)27-10-8-11-28(33-27)34-30(40)25-16-23-18-37(14-12-22(23)17-26(25)32)31(41)38-15-13-24(39)19-38/h8,10-11,16-17,20,24,39H,5-7,9,12-15,18-19H2,1-4H3,(H,33,34,40)/b35-21+,36-29+. The number of aliphatic hydroxyl groups excluding tert-OH is 1. The number of halogens is 1. The van der Waals surface area contributed by atoms with E-state index in [4.69, 9.17) is 0 Å². The van der Waals surface area contributed by atoms with E-state index in [9.17, 15) is 14.7 Å². The van der Waals surface area contributed by atoms with Crippen LogP contribution in [0.2, 0.25) is 0 Å². The van der Waals surface area contributed by atoms with E-state index in [-0.39, 0.29) is 29.9 Å².